The van der Waals surface area contributed by atoms with Gasteiger partial charge in [-0.1, -0.05) is 6.07 Å². The third kappa shape index (κ3) is 3.92. The summed E-state index contributed by atoms with van der Waals surface area (Å²) in [4.78, 5) is 23.0. The zero-order valence-corrected chi connectivity index (χ0v) is 18.4. The fourth-order valence-electron chi connectivity index (χ4n) is 4.40. The van der Waals surface area contributed by atoms with Crippen LogP contribution in [0.15, 0.2) is 30.7 Å². The highest BCUT2D eigenvalue weighted by Gasteiger charge is 2.28. The highest BCUT2D eigenvalue weighted by molar-refractivity contribution is 5.94. The number of piperazine rings is 1. The Kier molecular flexibility index (Phi) is 5.50. The van der Waals surface area contributed by atoms with Gasteiger partial charge in [0, 0.05) is 55.7 Å². The molecular formula is C23H23N7O3. The number of benzene rings is 1. The number of ether oxygens (including phenoxy) is 2. The monoisotopic (exact) mass is 445 g/mol. The van der Waals surface area contributed by atoms with Crippen molar-refractivity contribution in [1.29, 1.82) is 5.26 Å². The van der Waals surface area contributed by atoms with E-state index in [0.717, 1.165) is 42.9 Å². The summed E-state index contributed by atoms with van der Waals surface area (Å²) in [5.74, 6) is 0.385. The van der Waals surface area contributed by atoms with Gasteiger partial charge in [0.25, 0.3) is 11.8 Å². The van der Waals surface area contributed by atoms with E-state index in [1.54, 1.807) is 18.6 Å². The van der Waals surface area contributed by atoms with E-state index < -0.39 is 0 Å². The number of nitrogens with zero attached hydrogens (tertiary/aromatic N) is 6. The van der Waals surface area contributed by atoms with Crippen molar-refractivity contribution in [3.05, 3.63) is 64.1 Å². The van der Waals surface area contributed by atoms with Crippen LogP contribution in [-0.4, -0.2) is 57.4 Å². The van der Waals surface area contributed by atoms with Crippen molar-refractivity contribution in [3.63, 3.8) is 0 Å². The molecule has 2 aromatic heterocycles. The molecule has 1 atom stereocenters. The minimum absolute atomic E-state index is 0.167. The van der Waals surface area contributed by atoms with Crippen molar-refractivity contribution in [2.24, 2.45) is 0 Å². The molecule has 1 saturated heterocycles. The molecule has 33 heavy (non-hydrogen) atoms. The third-order valence-electron chi connectivity index (χ3n) is 6.14. The number of nitrogens with one attached hydrogen (secondary N) is 1. The van der Waals surface area contributed by atoms with Crippen molar-refractivity contribution in [2.45, 2.75) is 26.1 Å². The summed E-state index contributed by atoms with van der Waals surface area (Å²) in [7, 11) is 1.47. The number of nitriles is 1. The normalized spacial score (nSPS) is 18.0. The van der Waals surface area contributed by atoms with Gasteiger partial charge in [-0.15, -0.1) is 5.10 Å². The van der Waals surface area contributed by atoms with E-state index >= 15 is 0 Å². The first-order valence-corrected chi connectivity index (χ1v) is 10.7. The highest BCUT2D eigenvalue weighted by atomic mass is 16.5. The lowest BCUT2D eigenvalue weighted by Gasteiger charge is -2.34. The van der Waals surface area contributed by atoms with E-state index in [9.17, 15) is 4.79 Å². The van der Waals surface area contributed by atoms with Crippen LogP contribution in [0, 0.1) is 18.3 Å². The third-order valence-corrected chi connectivity index (χ3v) is 6.14. The van der Waals surface area contributed by atoms with Crippen LogP contribution in [-0.2, 0) is 17.9 Å². The smallest absolute Gasteiger partial charge is 0.338 e. The van der Waals surface area contributed by atoms with Crippen molar-refractivity contribution in [1.82, 2.24) is 30.0 Å². The van der Waals surface area contributed by atoms with Gasteiger partial charge in [-0.3, -0.25) is 4.90 Å². The van der Waals surface area contributed by atoms with E-state index in [-0.39, 0.29) is 17.9 Å². The van der Waals surface area contributed by atoms with Gasteiger partial charge in [0.15, 0.2) is 0 Å². The first kappa shape index (κ1) is 21.1. The lowest BCUT2D eigenvalue weighted by molar-refractivity contribution is 0.0535. The molecular weight excluding hydrogens is 422 g/mol. The molecule has 10 nitrogen and oxygen atoms in total. The van der Waals surface area contributed by atoms with Crippen LogP contribution in [0.4, 0.5) is 0 Å². The molecule has 2 aliphatic heterocycles. The maximum absolute atomic E-state index is 11.8. The molecule has 0 spiro atoms. The van der Waals surface area contributed by atoms with Crippen LogP contribution in [0.5, 0.6) is 5.88 Å². The molecule has 0 amide bonds. The van der Waals surface area contributed by atoms with E-state index in [1.807, 2.05) is 18.2 Å². The number of fused-ring (bicyclic) bond motifs is 1. The molecule has 4 heterocycles. The number of esters is 1. The van der Waals surface area contributed by atoms with Crippen LogP contribution in [0.2, 0.25) is 0 Å². The Labute approximate surface area is 190 Å². The second-order valence-electron chi connectivity index (χ2n) is 8.12. The summed E-state index contributed by atoms with van der Waals surface area (Å²) in [5, 5.41) is 16.9. The fourth-order valence-corrected chi connectivity index (χ4v) is 4.40. The molecule has 0 saturated carbocycles. The second-order valence-corrected chi connectivity index (χ2v) is 8.12. The Morgan fingerprint density at radius 2 is 2.15 bits per heavy atom. The summed E-state index contributed by atoms with van der Waals surface area (Å²) in [5.41, 5.74) is 5.31. The van der Waals surface area contributed by atoms with Crippen LogP contribution in [0.25, 0.3) is 5.95 Å². The van der Waals surface area contributed by atoms with Crippen molar-refractivity contribution in [2.75, 3.05) is 26.7 Å². The molecule has 168 valence electrons. The van der Waals surface area contributed by atoms with Crippen molar-refractivity contribution in [3.8, 4) is 17.9 Å². The summed E-state index contributed by atoms with van der Waals surface area (Å²) in [6, 6.07) is 6.12. The lowest BCUT2D eigenvalue weighted by atomic mass is 9.93. The Bertz CT molecular complexity index is 1250. The molecule has 5 rings (SSSR count). The predicted octanol–water partition coefficient (Wildman–Crippen LogP) is 1.67. The minimum Gasteiger partial charge on any atom is -0.479 e. The molecule has 1 fully saturated rings. The Balaban J connectivity index is 1.28. The van der Waals surface area contributed by atoms with Gasteiger partial charge < -0.3 is 14.8 Å². The van der Waals surface area contributed by atoms with E-state index in [4.69, 9.17) is 14.7 Å². The van der Waals surface area contributed by atoms with E-state index in [0.29, 0.717) is 23.7 Å². The molecule has 3 aromatic rings. The highest BCUT2D eigenvalue weighted by Crippen LogP contribution is 2.30. The second kappa shape index (κ2) is 8.61. The number of carbonyl (C=O) groups is 1. The van der Waals surface area contributed by atoms with Gasteiger partial charge in [-0.05, 0) is 24.1 Å². The topological polar surface area (TPSA) is 118 Å². The van der Waals surface area contributed by atoms with Gasteiger partial charge in [0.2, 0.25) is 0 Å². The summed E-state index contributed by atoms with van der Waals surface area (Å²) in [6.07, 6.45) is 5.11. The molecule has 0 bridgehead atoms. The predicted molar refractivity (Wildman–Crippen MR) is 117 cm³/mol. The zero-order valence-electron chi connectivity index (χ0n) is 18.4. The minimum atomic E-state index is -0.237. The number of aromatic nitrogens is 4. The van der Waals surface area contributed by atoms with Gasteiger partial charge in [-0.2, -0.15) is 5.26 Å². The van der Waals surface area contributed by atoms with Crippen LogP contribution >= 0.6 is 0 Å². The number of rotatable bonds is 5. The molecule has 0 radical (unpaired) electrons. The molecule has 1 N–H and O–H groups in total. The summed E-state index contributed by atoms with van der Waals surface area (Å²) >= 11 is 0. The van der Waals surface area contributed by atoms with Crippen molar-refractivity contribution >= 4 is 5.97 Å². The molecule has 10 heteroatoms. The number of methoxy groups -OCH3 is 1. The largest absolute Gasteiger partial charge is 0.479 e. The first-order valence-electron chi connectivity index (χ1n) is 10.7. The number of carbonyl (C=O) groups excluding carboxylic acids is 1. The van der Waals surface area contributed by atoms with Gasteiger partial charge in [-0.25, -0.2) is 19.4 Å². The molecule has 0 aliphatic carbocycles. The average Bonchev–Trinajstić information content (AvgIpc) is 3.44. The Morgan fingerprint density at radius 1 is 1.33 bits per heavy atom. The van der Waals surface area contributed by atoms with Crippen molar-refractivity contribution < 1.29 is 14.3 Å². The first-order chi connectivity index (χ1) is 16.1. The SMILES string of the molecule is COc1nn(-c2ncc(CN3CCN[C@H](c4ccc5c(c4C)COC5=O)C3)cn2)cc1C#N. The Morgan fingerprint density at radius 3 is 2.88 bits per heavy atom. The number of hydrogen-bond acceptors (Lipinski definition) is 9. The van der Waals surface area contributed by atoms with Crippen LogP contribution < -0.4 is 10.1 Å². The maximum Gasteiger partial charge on any atom is 0.338 e. The molecule has 1 aromatic carbocycles. The summed E-state index contributed by atoms with van der Waals surface area (Å²) < 4.78 is 11.7. The number of cyclic esters (lactones) is 1. The fraction of sp³-hybridized carbons (Fsp3) is 0.348. The van der Waals surface area contributed by atoms with Gasteiger partial charge >= 0.3 is 5.97 Å². The molecule has 2 aliphatic rings. The standard InChI is InChI=1S/C23H23N7O3/c1-14-17(3-4-18-19(14)13-33-22(18)31)20-12-29(6-5-25-20)10-15-8-26-23(27-9-15)30-11-16(7-24)21(28-30)32-2/h3-4,8-9,11,20,25H,5-6,10,12-13H2,1-2H3/t20-/m0/s1. The maximum atomic E-state index is 11.8. The lowest BCUT2D eigenvalue weighted by Crippen LogP contribution is -2.45. The average molecular weight is 445 g/mol. The Hall–Kier alpha value is -3.81. The van der Waals surface area contributed by atoms with Gasteiger partial charge in [0.05, 0.1) is 18.9 Å². The van der Waals surface area contributed by atoms with E-state index in [1.165, 1.54) is 17.4 Å². The number of hydrogen-bond donors (Lipinski definition) is 1. The van der Waals surface area contributed by atoms with Crippen LogP contribution in [0.3, 0.4) is 0 Å². The molecule has 0 unspecified atom stereocenters. The van der Waals surface area contributed by atoms with Crippen LogP contribution in [0.1, 0.15) is 44.2 Å². The van der Waals surface area contributed by atoms with E-state index in [2.05, 4.69) is 32.2 Å². The van der Waals surface area contributed by atoms with Gasteiger partial charge in [0.1, 0.15) is 18.2 Å². The zero-order chi connectivity index (χ0) is 22.9. The quantitative estimate of drug-likeness (QED) is 0.585. The summed E-state index contributed by atoms with van der Waals surface area (Å²) in [6.45, 7) is 5.73.